The Morgan fingerprint density at radius 2 is 1.90 bits per heavy atom. The Balaban J connectivity index is 1.61. The number of hydrogen-bond acceptors (Lipinski definition) is 2. The summed E-state index contributed by atoms with van der Waals surface area (Å²) in [7, 11) is 0. The van der Waals surface area contributed by atoms with Crippen LogP contribution in [0.4, 0.5) is 0 Å². The zero-order valence-corrected chi connectivity index (χ0v) is 12.9. The van der Waals surface area contributed by atoms with Gasteiger partial charge in [0, 0.05) is 12.5 Å². The van der Waals surface area contributed by atoms with E-state index in [0.717, 1.165) is 25.7 Å². The van der Waals surface area contributed by atoms with E-state index in [1.165, 1.54) is 16.7 Å². The van der Waals surface area contributed by atoms with Gasteiger partial charge in [0.1, 0.15) is 0 Å². The van der Waals surface area contributed by atoms with Crippen molar-refractivity contribution in [3.8, 4) is 0 Å². The molecule has 0 atom stereocenters. The molecule has 1 aliphatic rings. The van der Waals surface area contributed by atoms with E-state index in [1.54, 1.807) is 0 Å². The van der Waals surface area contributed by atoms with Crippen molar-refractivity contribution < 1.29 is 9.59 Å². The summed E-state index contributed by atoms with van der Waals surface area (Å²) in [5.74, 6) is -0.134. The van der Waals surface area contributed by atoms with Crippen molar-refractivity contribution in [1.82, 2.24) is 10.6 Å². The molecule has 2 N–H and O–H groups in total. The van der Waals surface area contributed by atoms with Gasteiger partial charge in [0.25, 0.3) is 0 Å². The fourth-order valence-electron chi connectivity index (χ4n) is 2.19. The Morgan fingerprint density at radius 3 is 2.57 bits per heavy atom. The maximum absolute atomic E-state index is 11.7. The highest BCUT2D eigenvalue weighted by Gasteiger charge is 2.23. The molecule has 0 aliphatic heterocycles. The van der Waals surface area contributed by atoms with Crippen molar-refractivity contribution in [2.24, 2.45) is 0 Å². The van der Waals surface area contributed by atoms with E-state index < -0.39 is 0 Å². The molecule has 1 aromatic carbocycles. The minimum Gasteiger partial charge on any atom is -0.352 e. The summed E-state index contributed by atoms with van der Waals surface area (Å²) >= 11 is 0. The van der Waals surface area contributed by atoms with E-state index in [9.17, 15) is 9.59 Å². The summed E-state index contributed by atoms with van der Waals surface area (Å²) in [6.07, 6.45) is 4.29. The van der Waals surface area contributed by atoms with Crippen LogP contribution < -0.4 is 10.6 Å². The Bertz CT molecular complexity index is 522. The van der Waals surface area contributed by atoms with Crippen LogP contribution in [-0.2, 0) is 16.0 Å². The first-order chi connectivity index (χ1) is 10.0. The first-order valence-corrected chi connectivity index (χ1v) is 7.67. The Morgan fingerprint density at radius 1 is 1.14 bits per heavy atom. The Hall–Kier alpha value is -1.84. The second-order valence-corrected chi connectivity index (χ2v) is 5.89. The Kier molecular flexibility index (Phi) is 5.37. The molecule has 1 aromatic rings. The van der Waals surface area contributed by atoms with E-state index in [-0.39, 0.29) is 18.4 Å². The largest absolute Gasteiger partial charge is 0.352 e. The molecule has 0 bridgehead atoms. The molecule has 1 fully saturated rings. The number of hydrogen-bond donors (Lipinski definition) is 2. The van der Waals surface area contributed by atoms with Crippen LogP contribution in [0.1, 0.15) is 42.4 Å². The number of aryl methyl sites for hydroxylation is 3. The normalized spacial score (nSPS) is 13.8. The molecule has 1 aliphatic carbocycles. The Labute approximate surface area is 126 Å². The standard InChI is InChI=1S/C17H24N2O2/c1-12-6-7-14(10-13(12)2)4-3-5-16(20)18-11-17(21)19-15-8-9-15/h6-7,10,15H,3-5,8-9,11H2,1-2H3,(H,18,20)(H,19,21). The van der Waals surface area contributed by atoms with Crippen molar-refractivity contribution in [1.29, 1.82) is 0 Å². The molecule has 0 spiro atoms. The van der Waals surface area contributed by atoms with Crippen molar-refractivity contribution >= 4 is 11.8 Å². The molecule has 0 unspecified atom stereocenters. The molecule has 0 aromatic heterocycles. The summed E-state index contributed by atoms with van der Waals surface area (Å²) in [6, 6.07) is 6.76. The topological polar surface area (TPSA) is 58.2 Å². The van der Waals surface area contributed by atoms with E-state index in [0.29, 0.717) is 12.5 Å². The van der Waals surface area contributed by atoms with Gasteiger partial charge in [-0.05, 0) is 56.2 Å². The molecular formula is C17H24N2O2. The van der Waals surface area contributed by atoms with E-state index in [2.05, 4.69) is 42.7 Å². The molecule has 0 radical (unpaired) electrons. The molecule has 4 heteroatoms. The van der Waals surface area contributed by atoms with Gasteiger partial charge in [-0.15, -0.1) is 0 Å². The molecule has 2 rings (SSSR count). The molecule has 114 valence electrons. The SMILES string of the molecule is Cc1ccc(CCCC(=O)NCC(=O)NC2CC2)cc1C. The smallest absolute Gasteiger partial charge is 0.239 e. The van der Waals surface area contributed by atoms with Gasteiger partial charge in [-0.2, -0.15) is 0 Å². The summed E-state index contributed by atoms with van der Waals surface area (Å²) < 4.78 is 0. The van der Waals surface area contributed by atoms with Crippen molar-refractivity contribution in [3.05, 3.63) is 34.9 Å². The van der Waals surface area contributed by atoms with Crippen LogP contribution in [0.25, 0.3) is 0 Å². The van der Waals surface area contributed by atoms with Gasteiger partial charge >= 0.3 is 0 Å². The quantitative estimate of drug-likeness (QED) is 0.806. The van der Waals surface area contributed by atoms with Crippen LogP contribution in [0.3, 0.4) is 0 Å². The lowest BCUT2D eigenvalue weighted by Gasteiger charge is -2.07. The van der Waals surface area contributed by atoms with Gasteiger partial charge in [0.15, 0.2) is 0 Å². The lowest BCUT2D eigenvalue weighted by Crippen LogP contribution is -2.37. The maximum Gasteiger partial charge on any atom is 0.239 e. The first kappa shape index (κ1) is 15.5. The van der Waals surface area contributed by atoms with Crippen LogP contribution in [0.2, 0.25) is 0 Å². The van der Waals surface area contributed by atoms with Gasteiger partial charge in [-0.1, -0.05) is 18.2 Å². The van der Waals surface area contributed by atoms with Crippen LogP contribution >= 0.6 is 0 Å². The average molecular weight is 288 g/mol. The number of rotatable bonds is 7. The summed E-state index contributed by atoms with van der Waals surface area (Å²) in [5, 5.41) is 5.52. The van der Waals surface area contributed by atoms with Crippen LogP contribution in [0.15, 0.2) is 18.2 Å². The van der Waals surface area contributed by atoms with Crippen LogP contribution in [0, 0.1) is 13.8 Å². The second-order valence-electron chi connectivity index (χ2n) is 5.89. The number of nitrogens with one attached hydrogen (secondary N) is 2. The fraction of sp³-hybridized carbons (Fsp3) is 0.529. The maximum atomic E-state index is 11.7. The van der Waals surface area contributed by atoms with Crippen molar-refractivity contribution in [2.45, 2.75) is 52.0 Å². The summed E-state index contributed by atoms with van der Waals surface area (Å²) in [4.78, 5) is 23.1. The highest BCUT2D eigenvalue weighted by molar-refractivity contribution is 5.84. The highest BCUT2D eigenvalue weighted by atomic mass is 16.2. The minimum atomic E-state index is -0.0833. The third-order valence-electron chi connectivity index (χ3n) is 3.83. The van der Waals surface area contributed by atoms with Gasteiger partial charge < -0.3 is 10.6 Å². The van der Waals surface area contributed by atoms with Crippen LogP contribution in [-0.4, -0.2) is 24.4 Å². The lowest BCUT2D eigenvalue weighted by molar-refractivity contribution is -0.126. The number of carbonyl (C=O) groups is 2. The molecule has 1 saturated carbocycles. The fourth-order valence-corrected chi connectivity index (χ4v) is 2.19. The predicted octanol–water partition coefficient (Wildman–Crippen LogP) is 2.02. The third-order valence-corrected chi connectivity index (χ3v) is 3.83. The predicted molar refractivity (Wildman–Crippen MR) is 83.0 cm³/mol. The molecule has 21 heavy (non-hydrogen) atoms. The van der Waals surface area contributed by atoms with Crippen molar-refractivity contribution in [2.75, 3.05) is 6.54 Å². The molecular weight excluding hydrogens is 264 g/mol. The number of benzene rings is 1. The molecule has 0 saturated heterocycles. The van der Waals surface area contributed by atoms with Gasteiger partial charge in [0.2, 0.25) is 11.8 Å². The molecule has 0 heterocycles. The van der Waals surface area contributed by atoms with Crippen LogP contribution in [0.5, 0.6) is 0 Å². The monoisotopic (exact) mass is 288 g/mol. The van der Waals surface area contributed by atoms with Gasteiger partial charge in [0.05, 0.1) is 6.54 Å². The molecule has 2 amide bonds. The second kappa shape index (κ2) is 7.25. The van der Waals surface area contributed by atoms with E-state index in [1.807, 2.05) is 0 Å². The van der Waals surface area contributed by atoms with E-state index >= 15 is 0 Å². The first-order valence-electron chi connectivity index (χ1n) is 7.67. The highest BCUT2D eigenvalue weighted by Crippen LogP contribution is 2.18. The number of carbonyl (C=O) groups excluding carboxylic acids is 2. The summed E-state index contributed by atoms with van der Waals surface area (Å²) in [6.45, 7) is 4.29. The zero-order chi connectivity index (χ0) is 15.2. The average Bonchev–Trinajstić information content (AvgIpc) is 3.24. The van der Waals surface area contributed by atoms with Gasteiger partial charge in [-0.25, -0.2) is 0 Å². The van der Waals surface area contributed by atoms with Gasteiger partial charge in [-0.3, -0.25) is 9.59 Å². The molecule has 4 nitrogen and oxygen atoms in total. The minimum absolute atomic E-state index is 0.0511. The summed E-state index contributed by atoms with van der Waals surface area (Å²) in [5.41, 5.74) is 3.84. The van der Waals surface area contributed by atoms with Crippen molar-refractivity contribution in [3.63, 3.8) is 0 Å². The number of amides is 2. The van der Waals surface area contributed by atoms with E-state index in [4.69, 9.17) is 0 Å². The zero-order valence-electron chi connectivity index (χ0n) is 12.9. The third kappa shape index (κ3) is 5.58. The lowest BCUT2D eigenvalue weighted by atomic mass is 10.0.